The third-order valence-electron chi connectivity index (χ3n) is 2.19. The summed E-state index contributed by atoms with van der Waals surface area (Å²) in [5.74, 6) is -0.552. The maximum atomic E-state index is 10.5. The maximum Gasteiger partial charge on any atom is 0.308 e. The molecule has 0 amide bonds. The van der Waals surface area contributed by atoms with E-state index in [-0.39, 0.29) is 6.61 Å². The SMILES string of the molecule is COc1cccc(COCC(C)C(=O)O)c1. The normalized spacial score (nSPS) is 12.1. The van der Waals surface area contributed by atoms with Crippen molar-refractivity contribution in [3.63, 3.8) is 0 Å². The standard InChI is InChI=1S/C12H16O4/c1-9(12(13)14)7-16-8-10-4-3-5-11(6-10)15-2/h3-6,9H,7-8H2,1-2H3,(H,13,14). The van der Waals surface area contributed by atoms with Gasteiger partial charge in [0.1, 0.15) is 5.75 Å². The first-order valence-electron chi connectivity index (χ1n) is 5.07. The lowest BCUT2D eigenvalue weighted by Gasteiger charge is -2.08. The van der Waals surface area contributed by atoms with Crippen LogP contribution in [-0.2, 0) is 16.1 Å². The van der Waals surface area contributed by atoms with Gasteiger partial charge in [0.05, 0.1) is 26.2 Å². The van der Waals surface area contributed by atoms with Gasteiger partial charge in [-0.3, -0.25) is 4.79 Å². The molecule has 0 bridgehead atoms. The van der Waals surface area contributed by atoms with E-state index in [1.54, 1.807) is 14.0 Å². The third kappa shape index (κ3) is 3.90. The van der Waals surface area contributed by atoms with Crippen LogP contribution in [0.3, 0.4) is 0 Å². The highest BCUT2D eigenvalue weighted by Gasteiger charge is 2.10. The van der Waals surface area contributed by atoms with Crippen molar-refractivity contribution in [1.82, 2.24) is 0 Å². The Kier molecular flexibility index (Phi) is 4.79. The molecule has 0 spiro atoms. The number of hydrogen-bond acceptors (Lipinski definition) is 3. The number of benzene rings is 1. The number of ether oxygens (including phenoxy) is 2. The number of aliphatic carboxylic acids is 1. The van der Waals surface area contributed by atoms with E-state index in [1.165, 1.54) is 0 Å². The van der Waals surface area contributed by atoms with Crippen LogP contribution < -0.4 is 4.74 Å². The monoisotopic (exact) mass is 224 g/mol. The summed E-state index contributed by atoms with van der Waals surface area (Å²) in [6, 6.07) is 7.50. The van der Waals surface area contributed by atoms with Crippen LogP contribution in [0.25, 0.3) is 0 Å². The Morgan fingerprint density at radius 1 is 1.50 bits per heavy atom. The van der Waals surface area contributed by atoms with Gasteiger partial charge in [-0.1, -0.05) is 12.1 Å². The number of carbonyl (C=O) groups is 1. The van der Waals surface area contributed by atoms with Gasteiger partial charge in [0, 0.05) is 0 Å². The molecule has 88 valence electrons. The molecule has 0 fully saturated rings. The zero-order chi connectivity index (χ0) is 12.0. The summed E-state index contributed by atoms with van der Waals surface area (Å²) in [6.07, 6.45) is 0. The zero-order valence-corrected chi connectivity index (χ0v) is 9.47. The molecule has 0 heterocycles. The van der Waals surface area contributed by atoms with Gasteiger partial charge < -0.3 is 14.6 Å². The highest BCUT2D eigenvalue weighted by Crippen LogP contribution is 2.13. The van der Waals surface area contributed by atoms with E-state index in [0.717, 1.165) is 11.3 Å². The smallest absolute Gasteiger partial charge is 0.308 e. The molecule has 0 aliphatic heterocycles. The van der Waals surface area contributed by atoms with Crippen LogP contribution in [0.15, 0.2) is 24.3 Å². The lowest BCUT2D eigenvalue weighted by atomic mass is 10.2. The first-order valence-corrected chi connectivity index (χ1v) is 5.07. The van der Waals surface area contributed by atoms with E-state index >= 15 is 0 Å². The van der Waals surface area contributed by atoms with E-state index in [9.17, 15) is 4.79 Å². The summed E-state index contributed by atoms with van der Waals surface area (Å²) in [4.78, 5) is 10.5. The summed E-state index contributed by atoms with van der Waals surface area (Å²) >= 11 is 0. The highest BCUT2D eigenvalue weighted by molar-refractivity contribution is 5.69. The fourth-order valence-corrected chi connectivity index (χ4v) is 1.19. The van der Waals surface area contributed by atoms with Gasteiger partial charge in [-0.2, -0.15) is 0 Å². The molecule has 4 heteroatoms. The highest BCUT2D eigenvalue weighted by atomic mass is 16.5. The van der Waals surface area contributed by atoms with Crippen molar-refractivity contribution in [2.45, 2.75) is 13.5 Å². The second kappa shape index (κ2) is 6.12. The van der Waals surface area contributed by atoms with Crippen molar-refractivity contribution in [1.29, 1.82) is 0 Å². The summed E-state index contributed by atoms with van der Waals surface area (Å²) in [6.45, 7) is 2.23. The Labute approximate surface area is 94.8 Å². The van der Waals surface area contributed by atoms with Crippen LogP contribution in [0.1, 0.15) is 12.5 Å². The van der Waals surface area contributed by atoms with Crippen LogP contribution in [0.4, 0.5) is 0 Å². The van der Waals surface area contributed by atoms with Crippen LogP contribution >= 0.6 is 0 Å². The van der Waals surface area contributed by atoms with Crippen molar-refractivity contribution < 1.29 is 19.4 Å². The Balaban J connectivity index is 2.39. The average Bonchev–Trinajstić information content (AvgIpc) is 2.29. The third-order valence-corrected chi connectivity index (χ3v) is 2.19. The second-order valence-electron chi connectivity index (χ2n) is 3.61. The zero-order valence-electron chi connectivity index (χ0n) is 9.47. The molecule has 1 aromatic rings. The predicted octanol–water partition coefficient (Wildman–Crippen LogP) is 1.93. The summed E-state index contributed by atoms with van der Waals surface area (Å²) in [7, 11) is 1.60. The number of carboxylic acids is 1. The van der Waals surface area contributed by atoms with E-state index in [0.29, 0.717) is 6.61 Å². The van der Waals surface area contributed by atoms with Crippen LogP contribution in [0.5, 0.6) is 5.75 Å². The van der Waals surface area contributed by atoms with Crippen molar-refractivity contribution >= 4 is 5.97 Å². The summed E-state index contributed by atoms with van der Waals surface area (Å²) in [5.41, 5.74) is 0.969. The molecule has 0 radical (unpaired) electrons. The quantitative estimate of drug-likeness (QED) is 0.802. The number of hydrogen-bond donors (Lipinski definition) is 1. The fraction of sp³-hybridized carbons (Fsp3) is 0.417. The molecule has 1 rings (SSSR count). The van der Waals surface area contributed by atoms with Crippen molar-refractivity contribution in [2.75, 3.05) is 13.7 Å². The second-order valence-corrected chi connectivity index (χ2v) is 3.61. The van der Waals surface area contributed by atoms with Crippen LogP contribution in [0.2, 0.25) is 0 Å². The van der Waals surface area contributed by atoms with Gasteiger partial charge in [0.15, 0.2) is 0 Å². The Bertz CT molecular complexity index is 349. The summed E-state index contributed by atoms with van der Waals surface area (Å²) < 4.78 is 10.4. The summed E-state index contributed by atoms with van der Waals surface area (Å²) in [5, 5.41) is 8.66. The molecule has 0 saturated heterocycles. The molecule has 1 atom stereocenters. The first-order chi connectivity index (χ1) is 7.63. The lowest BCUT2D eigenvalue weighted by Crippen LogP contribution is -2.15. The van der Waals surface area contributed by atoms with Crippen LogP contribution in [-0.4, -0.2) is 24.8 Å². The van der Waals surface area contributed by atoms with Crippen molar-refractivity contribution in [2.24, 2.45) is 5.92 Å². The molecule has 16 heavy (non-hydrogen) atoms. The van der Waals surface area contributed by atoms with E-state index in [4.69, 9.17) is 14.6 Å². The Morgan fingerprint density at radius 3 is 2.88 bits per heavy atom. The van der Waals surface area contributed by atoms with Gasteiger partial charge in [-0.05, 0) is 24.6 Å². The molecule has 0 saturated carbocycles. The average molecular weight is 224 g/mol. The molecule has 0 aliphatic rings. The Morgan fingerprint density at radius 2 is 2.25 bits per heavy atom. The minimum absolute atomic E-state index is 0.215. The van der Waals surface area contributed by atoms with Gasteiger partial charge in [-0.15, -0.1) is 0 Å². The lowest BCUT2D eigenvalue weighted by molar-refractivity contribution is -0.143. The molecule has 4 nitrogen and oxygen atoms in total. The number of methoxy groups -OCH3 is 1. The van der Waals surface area contributed by atoms with Crippen molar-refractivity contribution in [3.05, 3.63) is 29.8 Å². The van der Waals surface area contributed by atoms with E-state index < -0.39 is 11.9 Å². The predicted molar refractivity (Wildman–Crippen MR) is 59.4 cm³/mol. The van der Waals surface area contributed by atoms with Gasteiger partial charge in [0.25, 0.3) is 0 Å². The van der Waals surface area contributed by atoms with Crippen LogP contribution in [0, 0.1) is 5.92 Å². The molecular formula is C12H16O4. The van der Waals surface area contributed by atoms with Gasteiger partial charge in [0.2, 0.25) is 0 Å². The van der Waals surface area contributed by atoms with E-state index in [1.807, 2.05) is 24.3 Å². The molecule has 1 unspecified atom stereocenters. The molecule has 0 aromatic heterocycles. The van der Waals surface area contributed by atoms with Crippen molar-refractivity contribution in [3.8, 4) is 5.75 Å². The molecular weight excluding hydrogens is 208 g/mol. The minimum Gasteiger partial charge on any atom is -0.497 e. The molecule has 0 aliphatic carbocycles. The van der Waals surface area contributed by atoms with Gasteiger partial charge >= 0.3 is 5.97 Å². The van der Waals surface area contributed by atoms with E-state index in [2.05, 4.69) is 0 Å². The molecule has 1 N–H and O–H groups in total. The number of carboxylic acid groups (broad SMARTS) is 1. The topological polar surface area (TPSA) is 55.8 Å². The largest absolute Gasteiger partial charge is 0.497 e. The fourth-order valence-electron chi connectivity index (χ4n) is 1.19. The van der Waals surface area contributed by atoms with Gasteiger partial charge in [-0.25, -0.2) is 0 Å². The minimum atomic E-state index is -0.842. The number of rotatable bonds is 6. The molecule has 1 aromatic carbocycles. The Hall–Kier alpha value is -1.55. The first kappa shape index (κ1) is 12.5. The maximum absolute atomic E-state index is 10.5.